The lowest BCUT2D eigenvalue weighted by Gasteiger charge is -2.10. The Morgan fingerprint density at radius 1 is 0.720 bits per heavy atom. The van der Waals surface area contributed by atoms with Crippen LogP contribution < -0.4 is 5.73 Å². The summed E-state index contributed by atoms with van der Waals surface area (Å²) < 4.78 is 8.20. The normalized spacial score (nSPS) is 13.9. The van der Waals surface area contributed by atoms with Gasteiger partial charge < -0.3 is 35.6 Å². The topological polar surface area (TPSA) is 228 Å². The maximum atomic E-state index is 11.4. The third-order valence-electron chi connectivity index (χ3n) is 2.42. The smallest absolute Gasteiger partial charge is 0.333 e. The number of carboxylic acids is 2. The van der Waals surface area contributed by atoms with Gasteiger partial charge >= 0.3 is 35.8 Å². The molecule has 0 aliphatic heterocycles. The Kier molecular flexibility index (Phi) is 8.90. The highest BCUT2D eigenvalue weighted by atomic mass is 16.6. The van der Waals surface area contributed by atoms with Crippen LogP contribution in [0.1, 0.15) is 19.3 Å². The summed E-state index contributed by atoms with van der Waals surface area (Å²) in [5, 5.41) is 34.5. The number of aliphatic carboxylic acids is 2. The molecular weight excluding hydrogens is 350 g/mol. The van der Waals surface area contributed by atoms with Crippen LogP contribution in [-0.2, 0) is 38.2 Å². The quantitative estimate of drug-likeness (QED) is 0.198. The van der Waals surface area contributed by atoms with E-state index in [1.165, 1.54) is 0 Å². The second-order valence-corrected chi connectivity index (χ2v) is 4.57. The molecule has 13 nitrogen and oxygen atoms in total. The molecule has 0 aliphatic carbocycles. The molecule has 0 saturated carbocycles. The monoisotopic (exact) mass is 365 g/mol. The van der Waals surface area contributed by atoms with Crippen molar-refractivity contribution in [3.63, 3.8) is 0 Å². The molecule has 0 fully saturated rings. The summed E-state index contributed by atoms with van der Waals surface area (Å²) in [6.45, 7) is 0. The van der Waals surface area contributed by atoms with Gasteiger partial charge in [0.25, 0.3) is 0 Å². The summed E-state index contributed by atoms with van der Waals surface area (Å²) in [6.07, 6.45) is -7.17. The molecule has 0 spiro atoms. The number of carboxylic acid groups (broad SMARTS) is 2. The molecule has 6 N–H and O–H groups in total. The Bertz CT molecular complexity index is 570. The lowest BCUT2D eigenvalue weighted by atomic mass is 10.2. The van der Waals surface area contributed by atoms with Crippen LogP contribution in [0.4, 0.5) is 0 Å². The summed E-state index contributed by atoms with van der Waals surface area (Å²) in [5.74, 6) is -9.04. The number of hydrogen-bond acceptors (Lipinski definition) is 11. The minimum Gasteiger partial charge on any atom is -0.479 e. The number of carbonyl (C=O) groups excluding carboxylic acids is 4. The third kappa shape index (κ3) is 9.09. The fraction of sp³-hybridized carbons (Fsp3) is 0.500. The number of hydrogen-bond donors (Lipinski definition) is 5. The van der Waals surface area contributed by atoms with Gasteiger partial charge in [-0.25, -0.2) is 14.4 Å². The molecule has 0 amide bonds. The van der Waals surface area contributed by atoms with Crippen molar-refractivity contribution in [1.29, 1.82) is 0 Å². The van der Waals surface area contributed by atoms with Gasteiger partial charge in [0.1, 0.15) is 6.04 Å². The standard InChI is InChI=1S/C12H15NO12/c13-4(12(23)25-9(18)3-6(15)11(21)22)1-7(16)24-8(17)2-5(14)10(19)20/h4-6,14-15H,1-3,13H2,(H,19,20)(H,21,22)/t4-,5?,6?/m0/s1. The summed E-state index contributed by atoms with van der Waals surface area (Å²) in [4.78, 5) is 65.6. The van der Waals surface area contributed by atoms with Crippen molar-refractivity contribution in [2.75, 3.05) is 0 Å². The lowest BCUT2D eigenvalue weighted by molar-refractivity contribution is -0.169. The van der Waals surface area contributed by atoms with Gasteiger partial charge in [-0.3, -0.25) is 14.4 Å². The highest BCUT2D eigenvalue weighted by molar-refractivity contribution is 5.94. The van der Waals surface area contributed by atoms with Gasteiger partial charge in [-0.05, 0) is 0 Å². The average molecular weight is 365 g/mol. The zero-order valence-corrected chi connectivity index (χ0v) is 12.5. The first kappa shape index (κ1) is 22.1. The Balaban J connectivity index is 4.36. The summed E-state index contributed by atoms with van der Waals surface area (Å²) in [5.41, 5.74) is 5.22. The van der Waals surface area contributed by atoms with Crippen molar-refractivity contribution >= 4 is 35.8 Å². The number of rotatable bonds is 9. The van der Waals surface area contributed by atoms with Crippen molar-refractivity contribution in [2.24, 2.45) is 5.73 Å². The molecular formula is C12H15NO12. The molecule has 0 radical (unpaired) electrons. The largest absolute Gasteiger partial charge is 0.479 e. The predicted molar refractivity (Wildman–Crippen MR) is 71.3 cm³/mol. The number of carbonyl (C=O) groups is 6. The molecule has 0 aromatic carbocycles. The molecule has 13 heteroatoms. The third-order valence-corrected chi connectivity index (χ3v) is 2.42. The van der Waals surface area contributed by atoms with E-state index in [-0.39, 0.29) is 0 Å². The number of aliphatic hydroxyl groups is 2. The van der Waals surface area contributed by atoms with Crippen LogP contribution in [0.2, 0.25) is 0 Å². The van der Waals surface area contributed by atoms with Gasteiger partial charge in [-0.1, -0.05) is 0 Å². The van der Waals surface area contributed by atoms with Crippen LogP contribution in [0.15, 0.2) is 0 Å². The Hall–Kier alpha value is -2.90. The number of aliphatic hydroxyl groups excluding tert-OH is 2. The first-order valence-electron chi connectivity index (χ1n) is 6.49. The van der Waals surface area contributed by atoms with Crippen molar-refractivity contribution in [1.82, 2.24) is 0 Å². The molecule has 0 heterocycles. The Morgan fingerprint density at radius 3 is 1.48 bits per heavy atom. The van der Waals surface area contributed by atoms with E-state index in [0.717, 1.165) is 0 Å². The van der Waals surface area contributed by atoms with Crippen LogP contribution in [-0.4, -0.2) is 74.5 Å². The number of ether oxygens (including phenoxy) is 2. The van der Waals surface area contributed by atoms with Crippen LogP contribution >= 0.6 is 0 Å². The highest BCUT2D eigenvalue weighted by Gasteiger charge is 2.27. The minimum atomic E-state index is -2.10. The van der Waals surface area contributed by atoms with Gasteiger partial charge in [0.15, 0.2) is 12.2 Å². The van der Waals surface area contributed by atoms with Crippen LogP contribution in [0, 0.1) is 0 Å². The van der Waals surface area contributed by atoms with E-state index in [2.05, 4.69) is 9.47 Å². The molecule has 0 saturated heterocycles. The minimum absolute atomic E-state index is 0.928. The first-order chi connectivity index (χ1) is 11.4. The van der Waals surface area contributed by atoms with Gasteiger partial charge in [0.2, 0.25) is 0 Å². The molecule has 0 bridgehead atoms. The van der Waals surface area contributed by atoms with E-state index in [4.69, 9.17) is 26.2 Å². The molecule has 25 heavy (non-hydrogen) atoms. The number of esters is 4. The molecule has 0 aromatic rings. The highest BCUT2D eigenvalue weighted by Crippen LogP contribution is 2.02. The zero-order chi connectivity index (χ0) is 19.7. The summed E-state index contributed by atoms with van der Waals surface area (Å²) in [7, 11) is 0. The van der Waals surface area contributed by atoms with E-state index in [0.29, 0.717) is 0 Å². The fourth-order valence-electron chi connectivity index (χ4n) is 1.19. The second kappa shape index (κ2) is 10.1. The van der Waals surface area contributed by atoms with E-state index in [1.807, 2.05) is 0 Å². The Labute approximate surface area is 138 Å². The van der Waals surface area contributed by atoms with Gasteiger partial charge in [-0.15, -0.1) is 0 Å². The van der Waals surface area contributed by atoms with Crippen LogP contribution in [0.3, 0.4) is 0 Å². The van der Waals surface area contributed by atoms with E-state index in [9.17, 15) is 28.8 Å². The summed E-state index contributed by atoms with van der Waals surface area (Å²) >= 11 is 0. The van der Waals surface area contributed by atoms with E-state index >= 15 is 0 Å². The molecule has 3 atom stereocenters. The van der Waals surface area contributed by atoms with E-state index in [1.54, 1.807) is 0 Å². The fourth-order valence-corrected chi connectivity index (χ4v) is 1.19. The van der Waals surface area contributed by atoms with Gasteiger partial charge in [0.05, 0.1) is 19.3 Å². The molecule has 0 rings (SSSR count). The average Bonchev–Trinajstić information content (AvgIpc) is 2.45. The van der Waals surface area contributed by atoms with Crippen molar-refractivity contribution < 1.29 is 58.7 Å². The van der Waals surface area contributed by atoms with E-state index < -0.39 is 73.3 Å². The van der Waals surface area contributed by atoms with Crippen LogP contribution in [0.5, 0.6) is 0 Å². The molecule has 0 aromatic heterocycles. The summed E-state index contributed by atoms with van der Waals surface area (Å²) in [6, 6.07) is -1.75. The van der Waals surface area contributed by atoms with Gasteiger partial charge in [0, 0.05) is 0 Å². The predicted octanol–water partition coefficient (Wildman–Crippen LogP) is -3.49. The van der Waals surface area contributed by atoms with Crippen molar-refractivity contribution in [2.45, 2.75) is 37.5 Å². The van der Waals surface area contributed by atoms with Crippen molar-refractivity contribution in [3.05, 3.63) is 0 Å². The zero-order valence-electron chi connectivity index (χ0n) is 12.5. The second-order valence-electron chi connectivity index (χ2n) is 4.57. The molecule has 0 aliphatic rings. The number of nitrogens with two attached hydrogens (primary N) is 1. The molecule has 2 unspecified atom stereocenters. The van der Waals surface area contributed by atoms with Gasteiger partial charge in [-0.2, -0.15) is 0 Å². The van der Waals surface area contributed by atoms with Crippen LogP contribution in [0.25, 0.3) is 0 Å². The maximum absolute atomic E-state index is 11.4. The maximum Gasteiger partial charge on any atom is 0.333 e. The lowest BCUT2D eigenvalue weighted by Crippen LogP contribution is -2.37. The Morgan fingerprint density at radius 2 is 1.08 bits per heavy atom. The SMILES string of the molecule is N[C@@H](CC(=O)OC(=O)CC(O)C(=O)O)C(=O)OC(=O)CC(O)C(=O)O. The molecule has 140 valence electrons. The first-order valence-corrected chi connectivity index (χ1v) is 6.49. The van der Waals surface area contributed by atoms with Crippen molar-refractivity contribution in [3.8, 4) is 0 Å².